The molecule has 2 aromatic rings. The van der Waals surface area contributed by atoms with Crippen LogP contribution < -0.4 is 4.74 Å². The second-order valence-corrected chi connectivity index (χ2v) is 7.03. The molecule has 27 heavy (non-hydrogen) atoms. The highest BCUT2D eigenvalue weighted by Crippen LogP contribution is 2.42. The number of aryl methyl sites for hydroxylation is 2. The van der Waals surface area contributed by atoms with Crippen LogP contribution in [-0.4, -0.2) is 18.5 Å². The molecule has 0 heterocycles. The molecular formula is C24H32O3. The van der Waals surface area contributed by atoms with Crippen LogP contribution in [0.15, 0.2) is 36.9 Å². The van der Waals surface area contributed by atoms with Gasteiger partial charge in [-0.25, -0.2) is 0 Å². The summed E-state index contributed by atoms with van der Waals surface area (Å²) in [5.74, 6) is 0.895. The minimum Gasteiger partial charge on any atom is -0.507 e. The molecule has 0 saturated heterocycles. The zero-order valence-corrected chi connectivity index (χ0v) is 17.1. The van der Waals surface area contributed by atoms with Crippen molar-refractivity contribution in [2.75, 3.05) is 13.4 Å². The van der Waals surface area contributed by atoms with Crippen LogP contribution in [0.25, 0.3) is 16.7 Å². The first-order chi connectivity index (χ1) is 13.0. The highest BCUT2D eigenvalue weighted by atomic mass is 16.7. The number of allylic oxidation sites excluding steroid dienone is 1. The normalized spacial score (nSPS) is 10.8. The summed E-state index contributed by atoms with van der Waals surface area (Å²) in [6.45, 7) is 13.0. The molecule has 0 saturated carbocycles. The third-order valence-corrected chi connectivity index (χ3v) is 4.62. The van der Waals surface area contributed by atoms with Crippen molar-refractivity contribution in [3.8, 4) is 22.6 Å². The van der Waals surface area contributed by atoms with Gasteiger partial charge in [-0.3, -0.25) is 0 Å². The Kier molecular flexibility index (Phi) is 7.93. The molecule has 0 aliphatic heterocycles. The highest BCUT2D eigenvalue weighted by molar-refractivity contribution is 5.86. The van der Waals surface area contributed by atoms with E-state index in [2.05, 4.69) is 25.6 Å². The number of unbranched alkanes of at least 4 members (excludes halogenated alkanes) is 2. The molecule has 0 spiro atoms. The van der Waals surface area contributed by atoms with Gasteiger partial charge in [0.2, 0.25) is 0 Å². The Labute approximate surface area is 163 Å². The molecule has 3 heteroatoms. The predicted molar refractivity (Wildman–Crippen MR) is 113 cm³/mol. The van der Waals surface area contributed by atoms with Crippen molar-refractivity contribution in [1.29, 1.82) is 0 Å². The summed E-state index contributed by atoms with van der Waals surface area (Å²) < 4.78 is 11.3. The molecule has 0 fully saturated rings. The summed E-state index contributed by atoms with van der Waals surface area (Å²) in [5, 5.41) is 10.9. The maximum atomic E-state index is 10.9. The fourth-order valence-corrected chi connectivity index (χ4v) is 3.19. The number of hydrogen-bond acceptors (Lipinski definition) is 3. The minimum absolute atomic E-state index is 0.162. The highest BCUT2D eigenvalue weighted by Gasteiger charge is 2.18. The summed E-state index contributed by atoms with van der Waals surface area (Å²) in [4.78, 5) is 0. The van der Waals surface area contributed by atoms with Gasteiger partial charge >= 0.3 is 0 Å². The molecule has 2 rings (SSSR count). The molecule has 0 aliphatic carbocycles. The van der Waals surface area contributed by atoms with Crippen molar-refractivity contribution >= 4 is 5.57 Å². The van der Waals surface area contributed by atoms with Crippen LogP contribution >= 0.6 is 0 Å². The van der Waals surface area contributed by atoms with Gasteiger partial charge in [0.05, 0.1) is 5.56 Å². The number of ether oxygens (including phenoxy) is 2. The summed E-state index contributed by atoms with van der Waals surface area (Å²) in [6, 6.07) is 10.1. The van der Waals surface area contributed by atoms with E-state index >= 15 is 0 Å². The van der Waals surface area contributed by atoms with Crippen LogP contribution in [-0.2, 0) is 11.2 Å². The SMILES string of the molecule is C=C(C)c1ccc(C)cc1-c1c(O)cc(CCCCC)cc1OCOCC. The van der Waals surface area contributed by atoms with E-state index in [1.54, 1.807) is 0 Å². The van der Waals surface area contributed by atoms with Crippen molar-refractivity contribution in [1.82, 2.24) is 0 Å². The second-order valence-electron chi connectivity index (χ2n) is 7.03. The van der Waals surface area contributed by atoms with Crippen LogP contribution in [0, 0.1) is 6.92 Å². The summed E-state index contributed by atoms with van der Waals surface area (Å²) >= 11 is 0. The van der Waals surface area contributed by atoms with Gasteiger partial charge < -0.3 is 14.6 Å². The van der Waals surface area contributed by atoms with Crippen molar-refractivity contribution in [3.05, 3.63) is 53.6 Å². The molecule has 0 aliphatic rings. The van der Waals surface area contributed by atoms with E-state index in [-0.39, 0.29) is 12.5 Å². The van der Waals surface area contributed by atoms with Gasteiger partial charge in [0, 0.05) is 6.61 Å². The number of hydrogen-bond donors (Lipinski definition) is 1. The lowest BCUT2D eigenvalue weighted by atomic mass is 9.91. The Hall–Kier alpha value is -2.26. The van der Waals surface area contributed by atoms with E-state index in [4.69, 9.17) is 9.47 Å². The molecule has 0 unspecified atom stereocenters. The largest absolute Gasteiger partial charge is 0.507 e. The van der Waals surface area contributed by atoms with Crippen molar-refractivity contribution in [3.63, 3.8) is 0 Å². The lowest BCUT2D eigenvalue weighted by Gasteiger charge is -2.18. The zero-order valence-electron chi connectivity index (χ0n) is 17.1. The van der Waals surface area contributed by atoms with Crippen molar-refractivity contribution in [2.45, 2.75) is 53.4 Å². The standard InChI is InChI=1S/C24H32O3/c1-6-8-9-10-19-14-22(25)24(23(15-19)27-16-26-7-2)21-13-18(5)11-12-20(21)17(3)4/h11-15,25H,3,6-10,16H2,1-2,4-5H3. The van der Waals surface area contributed by atoms with E-state index in [0.717, 1.165) is 40.7 Å². The fraction of sp³-hybridized carbons (Fsp3) is 0.417. The van der Waals surface area contributed by atoms with Gasteiger partial charge in [0.1, 0.15) is 11.5 Å². The first-order valence-corrected chi connectivity index (χ1v) is 9.81. The van der Waals surface area contributed by atoms with Gasteiger partial charge in [-0.2, -0.15) is 0 Å². The molecule has 0 radical (unpaired) electrons. The lowest BCUT2D eigenvalue weighted by molar-refractivity contribution is 0.0226. The van der Waals surface area contributed by atoms with Gasteiger partial charge in [-0.1, -0.05) is 55.7 Å². The van der Waals surface area contributed by atoms with E-state index in [0.29, 0.717) is 17.9 Å². The van der Waals surface area contributed by atoms with Crippen LogP contribution in [0.4, 0.5) is 0 Å². The predicted octanol–water partition coefficient (Wildman–Crippen LogP) is 6.51. The minimum atomic E-state index is 0.162. The summed E-state index contributed by atoms with van der Waals surface area (Å²) in [6.07, 6.45) is 4.37. The van der Waals surface area contributed by atoms with E-state index in [9.17, 15) is 5.11 Å². The number of phenolic OH excluding ortho intramolecular Hbond substituents is 1. The van der Waals surface area contributed by atoms with Crippen molar-refractivity contribution in [2.24, 2.45) is 0 Å². The molecule has 0 bridgehead atoms. The monoisotopic (exact) mass is 368 g/mol. The number of rotatable bonds is 10. The summed E-state index contributed by atoms with van der Waals surface area (Å²) in [5.41, 5.74) is 5.81. The van der Waals surface area contributed by atoms with Crippen LogP contribution in [0.3, 0.4) is 0 Å². The molecule has 1 N–H and O–H groups in total. The molecule has 0 atom stereocenters. The average molecular weight is 369 g/mol. The Morgan fingerprint density at radius 2 is 1.89 bits per heavy atom. The van der Waals surface area contributed by atoms with E-state index in [1.165, 1.54) is 12.8 Å². The number of aromatic hydroxyl groups is 1. The third kappa shape index (κ3) is 5.61. The Morgan fingerprint density at radius 3 is 2.56 bits per heavy atom. The average Bonchev–Trinajstić information content (AvgIpc) is 2.61. The molecule has 146 valence electrons. The smallest absolute Gasteiger partial charge is 0.189 e. The molecule has 2 aromatic carbocycles. The van der Waals surface area contributed by atoms with E-state index < -0.39 is 0 Å². The first kappa shape index (κ1) is 21.0. The second kappa shape index (κ2) is 10.2. The lowest BCUT2D eigenvalue weighted by Crippen LogP contribution is -2.04. The Balaban J connectivity index is 2.53. The number of benzene rings is 2. The maximum Gasteiger partial charge on any atom is 0.189 e. The molecule has 0 amide bonds. The molecule has 3 nitrogen and oxygen atoms in total. The van der Waals surface area contributed by atoms with Gasteiger partial charge in [0.25, 0.3) is 0 Å². The zero-order chi connectivity index (χ0) is 19.8. The first-order valence-electron chi connectivity index (χ1n) is 9.81. The Bertz CT molecular complexity index is 777. The van der Waals surface area contributed by atoms with Gasteiger partial charge in [0.15, 0.2) is 6.79 Å². The topological polar surface area (TPSA) is 38.7 Å². The molecule has 0 aromatic heterocycles. The van der Waals surface area contributed by atoms with Crippen LogP contribution in [0.2, 0.25) is 0 Å². The Morgan fingerprint density at radius 1 is 1.11 bits per heavy atom. The van der Waals surface area contributed by atoms with Crippen molar-refractivity contribution < 1.29 is 14.6 Å². The molecular weight excluding hydrogens is 336 g/mol. The number of phenols is 1. The third-order valence-electron chi connectivity index (χ3n) is 4.62. The van der Waals surface area contributed by atoms with Crippen LogP contribution in [0.1, 0.15) is 56.7 Å². The van der Waals surface area contributed by atoms with Crippen LogP contribution in [0.5, 0.6) is 11.5 Å². The van der Waals surface area contributed by atoms with E-state index in [1.807, 2.05) is 39.0 Å². The fourth-order valence-electron chi connectivity index (χ4n) is 3.19. The summed E-state index contributed by atoms with van der Waals surface area (Å²) in [7, 11) is 0. The van der Waals surface area contributed by atoms with Gasteiger partial charge in [-0.15, -0.1) is 0 Å². The maximum absolute atomic E-state index is 10.9. The van der Waals surface area contributed by atoms with Gasteiger partial charge in [-0.05, 0) is 62.4 Å². The quantitative estimate of drug-likeness (QED) is 0.384.